The van der Waals surface area contributed by atoms with Crippen LogP contribution in [0.1, 0.15) is 0 Å². The number of rotatable bonds is 6. The number of phenols is 1. The van der Waals surface area contributed by atoms with Crippen molar-refractivity contribution in [2.24, 2.45) is 0 Å². The second-order valence-corrected chi connectivity index (χ2v) is 7.76. The number of nitrogens with one attached hydrogen (secondary N) is 1. The van der Waals surface area contributed by atoms with Crippen molar-refractivity contribution in [3.8, 4) is 17.2 Å². The summed E-state index contributed by atoms with van der Waals surface area (Å²) >= 11 is 8.94. The molecule has 0 fully saturated rings. The van der Waals surface area contributed by atoms with Crippen molar-refractivity contribution < 1.29 is 27.9 Å². The number of phenolic OH excluding ortho intramolecular Hbond substituents is 1. The number of aromatic hydroxyl groups is 1. The molecule has 0 aliphatic rings. The topological polar surface area (TPSA) is 128 Å². The van der Waals surface area contributed by atoms with Crippen molar-refractivity contribution in [1.82, 2.24) is 0 Å². The van der Waals surface area contributed by atoms with Gasteiger partial charge in [-0.05, 0) is 28.1 Å². The van der Waals surface area contributed by atoms with Crippen LogP contribution in [0.3, 0.4) is 0 Å². The van der Waals surface area contributed by atoms with E-state index in [4.69, 9.17) is 21.1 Å². The van der Waals surface area contributed by atoms with E-state index in [2.05, 4.69) is 20.7 Å². The van der Waals surface area contributed by atoms with Gasteiger partial charge in [0.25, 0.3) is 10.0 Å². The first-order valence-corrected chi connectivity index (χ1v) is 9.37. The maximum atomic E-state index is 12.7. The maximum Gasteiger partial charge on any atom is 0.314 e. The molecule has 0 radical (unpaired) electrons. The van der Waals surface area contributed by atoms with Crippen molar-refractivity contribution in [3.63, 3.8) is 0 Å². The van der Waals surface area contributed by atoms with Crippen LogP contribution in [0.4, 0.5) is 11.4 Å². The number of methoxy groups -OCH3 is 2. The highest BCUT2D eigenvalue weighted by Crippen LogP contribution is 2.40. The third-order valence-electron chi connectivity index (χ3n) is 3.22. The number of hydrogen-bond acceptors (Lipinski definition) is 7. The lowest BCUT2D eigenvalue weighted by Crippen LogP contribution is -2.14. The molecule has 0 aliphatic heterocycles. The van der Waals surface area contributed by atoms with E-state index in [-0.39, 0.29) is 15.7 Å². The highest BCUT2D eigenvalue weighted by Gasteiger charge is 2.26. The Morgan fingerprint density at radius 3 is 2.35 bits per heavy atom. The minimum Gasteiger partial charge on any atom is -0.501 e. The van der Waals surface area contributed by atoms with Crippen LogP contribution in [-0.4, -0.2) is 32.7 Å². The van der Waals surface area contributed by atoms with Crippen molar-refractivity contribution >= 4 is 48.9 Å². The summed E-state index contributed by atoms with van der Waals surface area (Å²) in [7, 11) is -1.62. The van der Waals surface area contributed by atoms with Gasteiger partial charge in [-0.15, -0.1) is 0 Å². The summed E-state index contributed by atoms with van der Waals surface area (Å²) in [6, 6.07) is 4.53. The van der Waals surface area contributed by atoms with Gasteiger partial charge in [-0.3, -0.25) is 14.8 Å². The molecule has 0 saturated heterocycles. The van der Waals surface area contributed by atoms with Gasteiger partial charge in [0.15, 0.2) is 0 Å². The lowest BCUT2D eigenvalue weighted by molar-refractivity contribution is -0.385. The first kappa shape index (κ1) is 20.1. The smallest absolute Gasteiger partial charge is 0.314 e. The molecule has 0 saturated carbocycles. The highest BCUT2D eigenvalue weighted by molar-refractivity contribution is 9.10. The zero-order valence-corrected chi connectivity index (χ0v) is 16.5. The fourth-order valence-corrected chi connectivity index (χ4v) is 4.15. The summed E-state index contributed by atoms with van der Waals surface area (Å²) in [6.07, 6.45) is 0. The molecular formula is C14H12BrClN2O7S. The zero-order valence-electron chi connectivity index (χ0n) is 13.3. The largest absolute Gasteiger partial charge is 0.501 e. The summed E-state index contributed by atoms with van der Waals surface area (Å²) in [6.45, 7) is 0. The molecule has 2 aromatic rings. The van der Waals surface area contributed by atoms with Gasteiger partial charge in [0, 0.05) is 17.2 Å². The quantitative estimate of drug-likeness (QED) is 0.378. The molecule has 26 heavy (non-hydrogen) atoms. The molecule has 12 heteroatoms. The molecule has 2 N–H and O–H groups in total. The number of halogens is 2. The Balaban J connectivity index is 2.57. The van der Waals surface area contributed by atoms with E-state index in [0.717, 1.165) is 12.1 Å². The van der Waals surface area contributed by atoms with Gasteiger partial charge < -0.3 is 14.6 Å². The number of nitro benzene ring substituents is 1. The molecule has 9 nitrogen and oxygen atoms in total. The third-order valence-corrected chi connectivity index (χ3v) is 5.45. The van der Waals surface area contributed by atoms with Crippen molar-refractivity contribution in [1.29, 1.82) is 0 Å². The van der Waals surface area contributed by atoms with E-state index in [9.17, 15) is 23.6 Å². The molecule has 2 rings (SSSR count). The predicted octanol–water partition coefficient (Wildman–Crippen LogP) is 3.53. The van der Waals surface area contributed by atoms with E-state index in [1.807, 2.05) is 0 Å². The number of benzene rings is 2. The average Bonchev–Trinajstić information content (AvgIpc) is 2.57. The number of nitrogens with zero attached hydrogens (tertiary/aromatic N) is 1. The maximum absolute atomic E-state index is 12.7. The van der Waals surface area contributed by atoms with E-state index >= 15 is 0 Å². The van der Waals surface area contributed by atoms with Gasteiger partial charge in [0.2, 0.25) is 5.75 Å². The zero-order chi connectivity index (χ0) is 19.6. The average molecular weight is 468 g/mol. The molecule has 0 aromatic heterocycles. The SMILES string of the molecule is COc1cc(OC)c(S(=O)(=O)Nc2cc(Cl)cc([N+](=O)[O-])c2O)cc1Br. The monoisotopic (exact) mass is 466 g/mol. The van der Waals surface area contributed by atoms with Gasteiger partial charge in [-0.25, -0.2) is 8.42 Å². The highest BCUT2D eigenvalue weighted by atomic mass is 79.9. The normalized spacial score (nSPS) is 11.1. The summed E-state index contributed by atoms with van der Waals surface area (Å²) in [5.74, 6) is -0.565. The molecule has 0 atom stereocenters. The van der Waals surface area contributed by atoms with E-state index in [1.54, 1.807) is 0 Å². The molecule has 0 amide bonds. The van der Waals surface area contributed by atoms with Gasteiger partial charge >= 0.3 is 5.69 Å². The summed E-state index contributed by atoms with van der Waals surface area (Å²) < 4.78 is 37.9. The van der Waals surface area contributed by atoms with Crippen molar-refractivity contribution in [2.45, 2.75) is 4.90 Å². The van der Waals surface area contributed by atoms with Crippen LogP contribution in [0.25, 0.3) is 0 Å². The van der Waals surface area contributed by atoms with E-state index in [0.29, 0.717) is 10.2 Å². The Morgan fingerprint density at radius 2 is 1.81 bits per heavy atom. The van der Waals surface area contributed by atoms with E-state index < -0.39 is 32.1 Å². The van der Waals surface area contributed by atoms with Gasteiger partial charge in [-0.2, -0.15) is 0 Å². The molecule has 140 valence electrons. The molecular weight excluding hydrogens is 456 g/mol. The number of nitro groups is 1. The van der Waals surface area contributed by atoms with Crippen LogP contribution in [-0.2, 0) is 10.0 Å². The molecule has 2 aromatic carbocycles. The number of sulfonamides is 1. The lowest BCUT2D eigenvalue weighted by Gasteiger charge is -2.14. The molecule has 0 heterocycles. The van der Waals surface area contributed by atoms with Crippen LogP contribution in [0.2, 0.25) is 5.02 Å². The van der Waals surface area contributed by atoms with Crippen LogP contribution in [0.15, 0.2) is 33.6 Å². The first-order valence-electron chi connectivity index (χ1n) is 6.72. The minimum absolute atomic E-state index is 0.0337. The summed E-state index contributed by atoms with van der Waals surface area (Å²) in [5, 5.41) is 20.8. The first-order chi connectivity index (χ1) is 12.1. The molecule has 0 bridgehead atoms. The van der Waals surface area contributed by atoms with Crippen molar-refractivity contribution in [3.05, 3.63) is 43.9 Å². The summed E-state index contributed by atoms with van der Waals surface area (Å²) in [5.41, 5.74) is -1.18. The second kappa shape index (κ2) is 7.56. The van der Waals surface area contributed by atoms with Gasteiger partial charge in [-0.1, -0.05) is 11.6 Å². The van der Waals surface area contributed by atoms with Crippen molar-refractivity contribution in [2.75, 3.05) is 18.9 Å². The number of ether oxygens (including phenoxy) is 2. The summed E-state index contributed by atoms with van der Waals surface area (Å²) in [4.78, 5) is 9.78. The second-order valence-electron chi connectivity index (χ2n) is 4.82. The fourth-order valence-electron chi connectivity index (χ4n) is 2.04. The van der Waals surface area contributed by atoms with Gasteiger partial charge in [0.1, 0.15) is 16.4 Å². The Labute approximate surface area is 161 Å². The van der Waals surface area contributed by atoms with Crippen LogP contribution < -0.4 is 14.2 Å². The standard InChI is InChI=1S/C14H12BrClN2O7S/c1-24-11-6-12(25-2)13(5-8(11)15)26(22,23)17-9-3-7(16)4-10(14(9)19)18(20)21/h3-6,17,19H,1-2H3. The number of hydrogen-bond donors (Lipinski definition) is 2. The van der Waals surface area contributed by atoms with Crippen LogP contribution in [0.5, 0.6) is 17.2 Å². The number of anilines is 1. The Kier molecular flexibility index (Phi) is 5.84. The lowest BCUT2D eigenvalue weighted by atomic mass is 10.2. The molecule has 0 aliphatic carbocycles. The Morgan fingerprint density at radius 1 is 1.19 bits per heavy atom. The predicted molar refractivity (Wildman–Crippen MR) is 97.8 cm³/mol. The fraction of sp³-hybridized carbons (Fsp3) is 0.143. The molecule has 0 unspecified atom stereocenters. The van der Waals surface area contributed by atoms with Crippen LogP contribution >= 0.6 is 27.5 Å². The Bertz CT molecular complexity index is 982. The molecule has 0 spiro atoms. The Hall–Kier alpha value is -2.24. The van der Waals surface area contributed by atoms with Gasteiger partial charge in [0.05, 0.1) is 29.3 Å². The van der Waals surface area contributed by atoms with E-state index in [1.165, 1.54) is 26.4 Å². The van der Waals surface area contributed by atoms with Crippen LogP contribution in [0, 0.1) is 10.1 Å². The minimum atomic E-state index is -4.29. The third kappa shape index (κ3) is 3.94.